The van der Waals surface area contributed by atoms with Crippen molar-refractivity contribution < 1.29 is 9.21 Å². The molecule has 0 spiro atoms. The molecule has 0 atom stereocenters. The maximum Gasteiger partial charge on any atom is 0.428 e. The monoisotopic (exact) mass is 263 g/mol. The average Bonchev–Trinajstić information content (AvgIpc) is 2.60. The van der Waals surface area contributed by atoms with Crippen molar-refractivity contribution in [2.45, 2.75) is 20.8 Å². The zero-order valence-corrected chi connectivity index (χ0v) is 11.2. The summed E-state index contributed by atoms with van der Waals surface area (Å²) in [4.78, 5) is 23.7. The van der Waals surface area contributed by atoms with E-state index in [2.05, 4.69) is 5.32 Å². The van der Waals surface area contributed by atoms with E-state index < -0.39 is 11.8 Å². The molecule has 0 aliphatic carbocycles. The normalized spacial score (nSPS) is 11.7. The van der Waals surface area contributed by atoms with Crippen LogP contribution in [0.3, 0.4) is 0 Å². The molecule has 2 aromatic rings. The fourth-order valence-electron chi connectivity index (χ4n) is 1.65. The number of carbonyl (C=O) groups excluding carboxylic acids is 1. The molecule has 0 saturated carbocycles. The summed E-state index contributed by atoms with van der Waals surface area (Å²) in [5.41, 5.74) is 6.72. The smallest absolute Gasteiger partial charge is 0.407 e. The first-order valence-corrected chi connectivity index (χ1v) is 5.97. The van der Waals surface area contributed by atoms with Crippen molar-refractivity contribution >= 4 is 22.8 Å². The van der Waals surface area contributed by atoms with Crippen molar-refractivity contribution in [3.8, 4) is 0 Å². The summed E-state index contributed by atoms with van der Waals surface area (Å²) < 4.78 is 5.97. The second kappa shape index (κ2) is 4.46. The van der Waals surface area contributed by atoms with Crippen LogP contribution in [-0.2, 0) is 0 Å². The molecule has 19 heavy (non-hydrogen) atoms. The van der Waals surface area contributed by atoms with Gasteiger partial charge in [-0.25, -0.2) is 9.59 Å². The van der Waals surface area contributed by atoms with Gasteiger partial charge in [-0.05, 0) is 17.5 Å². The minimum atomic E-state index is -0.716. The molecule has 2 rings (SSSR count). The number of hydrogen-bond donors (Lipinski definition) is 2. The van der Waals surface area contributed by atoms with Gasteiger partial charge < -0.3 is 15.5 Å². The van der Waals surface area contributed by atoms with Crippen LogP contribution < -0.4 is 16.8 Å². The average molecular weight is 263 g/mol. The summed E-state index contributed by atoms with van der Waals surface area (Å²) in [6.45, 7) is 6.43. The largest absolute Gasteiger partial charge is 0.428 e. The van der Waals surface area contributed by atoms with Crippen LogP contribution in [0.25, 0.3) is 11.1 Å². The lowest BCUT2D eigenvalue weighted by molar-refractivity contribution is 0.236. The Morgan fingerprint density at radius 3 is 2.74 bits per heavy atom. The molecule has 6 heteroatoms. The second-order valence-electron chi connectivity index (χ2n) is 5.65. The number of oxazole rings is 1. The molecule has 0 radical (unpaired) electrons. The Balaban J connectivity index is 2.37. The molecule has 3 N–H and O–H groups in total. The maximum absolute atomic E-state index is 12.0. The number of rotatable bonds is 1. The molecule has 1 aromatic carbocycles. The van der Waals surface area contributed by atoms with Crippen molar-refractivity contribution in [3.05, 3.63) is 28.7 Å². The number of nitrogens with zero attached hydrogens (tertiary/aromatic N) is 1. The first-order valence-electron chi connectivity index (χ1n) is 5.97. The lowest BCUT2D eigenvalue weighted by Gasteiger charge is -2.18. The highest BCUT2D eigenvalue weighted by Crippen LogP contribution is 2.16. The van der Waals surface area contributed by atoms with E-state index in [1.165, 1.54) is 6.07 Å². The molecule has 0 unspecified atom stereocenters. The molecule has 102 valence electrons. The fraction of sp³-hybridized carbons (Fsp3) is 0.385. The number of fused-ring (bicyclic) bond motifs is 1. The van der Waals surface area contributed by atoms with Crippen molar-refractivity contribution in [2.24, 2.45) is 5.41 Å². The lowest BCUT2D eigenvalue weighted by atomic mass is 9.97. The number of nitrogens with one attached hydrogen (secondary N) is 1. The highest BCUT2D eigenvalue weighted by atomic mass is 16.4. The Hall–Kier alpha value is -2.24. The predicted octanol–water partition coefficient (Wildman–Crippen LogP) is 1.78. The van der Waals surface area contributed by atoms with Gasteiger partial charge in [-0.3, -0.25) is 0 Å². The molecule has 1 heterocycles. The van der Waals surface area contributed by atoms with Crippen molar-refractivity contribution in [2.75, 3.05) is 12.3 Å². The van der Waals surface area contributed by atoms with E-state index >= 15 is 0 Å². The molecule has 1 aromatic heterocycles. The summed E-state index contributed by atoms with van der Waals surface area (Å²) >= 11 is 0. The standard InChI is InChI=1S/C13H17N3O3/c1-13(2,3)7-15-11(17)16-9-5-4-8(14)6-10(9)19-12(16)18/h4-6H,7,14H2,1-3H3,(H,15,17). The van der Waals surface area contributed by atoms with E-state index in [0.717, 1.165) is 4.57 Å². The van der Waals surface area contributed by atoms with Gasteiger partial charge in [0.25, 0.3) is 0 Å². The number of anilines is 1. The predicted molar refractivity (Wildman–Crippen MR) is 73.1 cm³/mol. The molecule has 0 aliphatic heterocycles. The first kappa shape index (κ1) is 13.2. The van der Waals surface area contributed by atoms with Crippen LogP contribution in [0.2, 0.25) is 0 Å². The topological polar surface area (TPSA) is 90.3 Å². The van der Waals surface area contributed by atoms with Crippen LogP contribution in [0.4, 0.5) is 10.5 Å². The molecule has 0 aliphatic rings. The van der Waals surface area contributed by atoms with Crippen LogP contribution in [0.5, 0.6) is 0 Å². The van der Waals surface area contributed by atoms with Gasteiger partial charge in [-0.2, -0.15) is 4.57 Å². The number of amides is 1. The molecule has 6 nitrogen and oxygen atoms in total. The summed E-state index contributed by atoms with van der Waals surface area (Å²) in [5, 5.41) is 2.71. The van der Waals surface area contributed by atoms with Gasteiger partial charge in [0, 0.05) is 18.3 Å². The van der Waals surface area contributed by atoms with Gasteiger partial charge in [-0.1, -0.05) is 20.8 Å². The van der Waals surface area contributed by atoms with E-state index in [1.54, 1.807) is 12.1 Å². The highest BCUT2D eigenvalue weighted by molar-refractivity contribution is 5.89. The number of nitrogen functional groups attached to an aromatic ring is 1. The molecule has 1 amide bonds. The van der Waals surface area contributed by atoms with Crippen LogP contribution in [0, 0.1) is 5.41 Å². The van der Waals surface area contributed by atoms with Gasteiger partial charge >= 0.3 is 11.8 Å². The van der Waals surface area contributed by atoms with Gasteiger partial charge in [0.2, 0.25) is 0 Å². The van der Waals surface area contributed by atoms with Gasteiger partial charge in [0.05, 0.1) is 0 Å². The summed E-state index contributed by atoms with van der Waals surface area (Å²) in [6.07, 6.45) is 0. The lowest BCUT2D eigenvalue weighted by Crippen LogP contribution is -2.38. The second-order valence-corrected chi connectivity index (χ2v) is 5.65. The minimum Gasteiger partial charge on any atom is -0.407 e. The van der Waals surface area contributed by atoms with Crippen molar-refractivity contribution in [1.82, 2.24) is 9.88 Å². The Bertz CT molecular complexity index is 676. The summed E-state index contributed by atoms with van der Waals surface area (Å²) in [7, 11) is 0. The van der Waals surface area contributed by atoms with Crippen molar-refractivity contribution in [1.29, 1.82) is 0 Å². The van der Waals surface area contributed by atoms with Gasteiger partial charge in [0.15, 0.2) is 5.58 Å². The number of hydrogen-bond acceptors (Lipinski definition) is 4. The van der Waals surface area contributed by atoms with E-state index in [4.69, 9.17) is 10.2 Å². The van der Waals surface area contributed by atoms with Gasteiger partial charge in [-0.15, -0.1) is 0 Å². The number of nitrogens with two attached hydrogens (primary N) is 1. The first-order chi connectivity index (χ1) is 8.78. The number of benzene rings is 1. The Kier molecular flexibility index (Phi) is 3.09. The molecule has 0 saturated heterocycles. The highest BCUT2D eigenvalue weighted by Gasteiger charge is 2.18. The molecular formula is C13H17N3O3. The number of aromatic nitrogens is 1. The Morgan fingerprint density at radius 2 is 2.11 bits per heavy atom. The Labute approximate surface area is 110 Å². The zero-order valence-electron chi connectivity index (χ0n) is 11.2. The van der Waals surface area contributed by atoms with E-state index in [9.17, 15) is 9.59 Å². The van der Waals surface area contributed by atoms with E-state index in [0.29, 0.717) is 23.3 Å². The van der Waals surface area contributed by atoms with Crippen LogP contribution >= 0.6 is 0 Å². The fourth-order valence-corrected chi connectivity index (χ4v) is 1.65. The van der Waals surface area contributed by atoms with Crippen LogP contribution in [0.15, 0.2) is 27.4 Å². The third-order valence-electron chi connectivity index (χ3n) is 2.58. The van der Waals surface area contributed by atoms with E-state index in [-0.39, 0.29) is 5.41 Å². The van der Waals surface area contributed by atoms with Crippen molar-refractivity contribution in [3.63, 3.8) is 0 Å². The Morgan fingerprint density at radius 1 is 1.42 bits per heavy atom. The van der Waals surface area contributed by atoms with Gasteiger partial charge in [0.1, 0.15) is 5.52 Å². The SMILES string of the molecule is CC(C)(C)CNC(=O)n1c(=O)oc2cc(N)ccc21. The molecular weight excluding hydrogens is 246 g/mol. The maximum atomic E-state index is 12.0. The summed E-state index contributed by atoms with van der Waals surface area (Å²) in [6, 6.07) is 4.23. The minimum absolute atomic E-state index is 0.0662. The van der Waals surface area contributed by atoms with E-state index in [1.807, 2.05) is 20.8 Å². The summed E-state index contributed by atoms with van der Waals surface area (Å²) in [5.74, 6) is -0.716. The zero-order chi connectivity index (χ0) is 14.2. The molecule has 0 fully saturated rings. The van der Waals surface area contributed by atoms with Crippen LogP contribution in [-0.4, -0.2) is 17.1 Å². The molecule has 0 bridgehead atoms. The third kappa shape index (κ3) is 2.78. The third-order valence-corrected chi connectivity index (χ3v) is 2.58. The quantitative estimate of drug-likeness (QED) is 0.767. The van der Waals surface area contributed by atoms with Crippen LogP contribution in [0.1, 0.15) is 20.8 Å². The number of carbonyl (C=O) groups is 1.